The molecule has 102 valence electrons. The lowest BCUT2D eigenvalue weighted by Gasteiger charge is -2.16. The van der Waals surface area contributed by atoms with E-state index in [2.05, 4.69) is 19.7 Å². The minimum atomic E-state index is -4.49. The lowest BCUT2D eigenvalue weighted by Crippen LogP contribution is -2.23. The van der Waals surface area contributed by atoms with Crippen LogP contribution in [0, 0.1) is 0 Å². The van der Waals surface area contributed by atoms with Crippen LogP contribution in [0.25, 0.3) is 0 Å². The van der Waals surface area contributed by atoms with Gasteiger partial charge < -0.3 is 9.72 Å². The fraction of sp³-hybridized carbons (Fsp3) is 0.333. The van der Waals surface area contributed by atoms with E-state index in [-0.39, 0.29) is 5.82 Å². The standard InChI is InChI=1S/C12H12F3N3O/c1-19-10(12(13,14)15)11-17-7-9(18-11)6-8-2-4-16-5-3-8/h2-5,7,10H,6H2,1H3,(H,17,18)/t10-/m0/s1. The van der Waals surface area contributed by atoms with Gasteiger partial charge in [-0.1, -0.05) is 0 Å². The largest absolute Gasteiger partial charge is 0.421 e. The monoisotopic (exact) mass is 271 g/mol. The maximum Gasteiger partial charge on any atom is 0.421 e. The van der Waals surface area contributed by atoms with Gasteiger partial charge in [-0.15, -0.1) is 0 Å². The van der Waals surface area contributed by atoms with Gasteiger partial charge in [0.05, 0.1) is 0 Å². The Morgan fingerprint density at radius 3 is 2.58 bits per heavy atom. The summed E-state index contributed by atoms with van der Waals surface area (Å²) in [5.41, 5.74) is 1.53. The lowest BCUT2D eigenvalue weighted by atomic mass is 10.1. The highest BCUT2D eigenvalue weighted by molar-refractivity contribution is 5.18. The molecule has 0 saturated heterocycles. The van der Waals surface area contributed by atoms with E-state index in [0.717, 1.165) is 12.7 Å². The SMILES string of the molecule is CO[C@@H](c1ncc(Cc2ccncc2)[nH]1)C(F)(F)F. The van der Waals surface area contributed by atoms with Crippen molar-refractivity contribution in [3.63, 3.8) is 0 Å². The zero-order chi connectivity index (χ0) is 13.9. The van der Waals surface area contributed by atoms with Crippen LogP contribution in [-0.4, -0.2) is 28.2 Å². The number of alkyl halides is 3. The van der Waals surface area contributed by atoms with Gasteiger partial charge in [-0.2, -0.15) is 13.2 Å². The molecule has 2 heterocycles. The average molecular weight is 271 g/mol. The first kappa shape index (κ1) is 13.5. The van der Waals surface area contributed by atoms with E-state index in [4.69, 9.17) is 0 Å². The van der Waals surface area contributed by atoms with Crippen molar-refractivity contribution in [2.75, 3.05) is 7.11 Å². The number of H-pyrrole nitrogens is 1. The molecular formula is C12H12F3N3O. The first-order chi connectivity index (χ1) is 9.00. The van der Waals surface area contributed by atoms with Gasteiger partial charge in [0.15, 0.2) is 0 Å². The smallest absolute Gasteiger partial charge is 0.365 e. The molecule has 2 aromatic rings. The molecule has 0 aliphatic carbocycles. The topological polar surface area (TPSA) is 50.8 Å². The molecule has 0 spiro atoms. The number of ether oxygens (including phenoxy) is 1. The van der Waals surface area contributed by atoms with Crippen LogP contribution in [0.4, 0.5) is 13.2 Å². The van der Waals surface area contributed by atoms with E-state index in [9.17, 15) is 13.2 Å². The summed E-state index contributed by atoms with van der Waals surface area (Å²) in [6.45, 7) is 0. The zero-order valence-electron chi connectivity index (χ0n) is 10.1. The van der Waals surface area contributed by atoms with Crippen LogP contribution in [0.3, 0.4) is 0 Å². The fourth-order valence-electron chi connectivity index (χ4n) is 1.72. The van der Waals surface area contributed by atoms with Gasteiger partial charge in [-0.3, -0.25) is 4.98 Å². The highest BCUT2D eigenvalue weighted by Gasteiger charge is 2.43. The highest BCUT2D eigenvalue weighted by Crippen LogP contribution is 2.33. The number of pyridine rings is 1. The third kappa shape index (κ3) is 3.31. The molecule has 0 amide bonds. The Labute approximate surface area is 107 Å². The van der Waals surface area contributed by atoms with Gasteiger partial charge in [0.25, 0.3) is 0 Å². The average Bonchev–Trinajstić information content (AvgIpc) is 2.77. The summed E-state index contributed by atoms with van der Waals surface area (Å²) in [5.74, 6) is -0.237. The van der Waals surface area contributed by atoms with Crippen molar-refractivity contribution in [3.05, 3.63) is 47.8 Å². The molecule has 2 rings (SSSR count). The Hall–Kier alpha value is -1.89. The second-order valence-corrected chi connectivity index (χ2v) is 3.98. The predicted molar refractivity (Wildman–Crippen MR) is 61.4 cm³/mol. The van der Waals surface area contributed by atoms with E-state index in [0.29, 0.717) is 12.1 Å². The number of imidazole rings is 1. The number of hydrogen-bond donors (Lipinski definition) is 1. The summed E-state index contributed by atoms with van der Waals surface area (Å²) in [5, 5.41) is 0. The Morgan fingerprint density at radius 1 is 1.32 bits per heavy atom. The molecule has 4 nitrogen and oxygen atoms in total. The summed E-state index contributed by atoms with van der Waals surface area (Å²) >= 11 is 0. The number of hydrogen-bond acceptors (Lipinski definition) is 3. The van der Waals surface area contributed by atoms with Crippen LogP contribution in [0.1, 0.15) is 23.2 Å². The van der Waals surface area contributed by atoms with Gasteiger partial charge in [-0.25, -0.2) is 4.98 Å². The number of halogens is 3. The second-order valence-electron chi connectivity index (χ2n) is 3.98. The number of rotatable bonds is 4. The van der Waals surface area contributed by atoms with E-state index in [1.54, 1.807) is 24.5 Å². The molecule has 1 atom stereocenters. The first-order valence-electron chi connectivity index (χ1n) is 5.53. The second kappa shape index (κ2) is 5.40. The Bertz CT molecular complexity index is 525. The molecule has 0 radical (unpaired) electrons. The molecule has 1 N–H and O–H groups in total. The van der Waals surface area contributed by atoms with Crippen molar-refractivity contribution in [2.45, 2.75) is 18.7 Å². The molecule has 0 fully saturated rings. The van der Waals surface area contributed by atoms with Crippen molar-refractivity contribution in [3.8, 4) is 0 Å². The van der Waals surface area contributed by atoms with Crippen LogP contribution in [0.5, 0.6) is 0 Å². The summed E-state index contributed by atoms with van der Waals surface area (Å²) in [7, 11) is 1.00. The Kier molecular flexibility index (Phi) is 3.84. The summed E-state index contributed by atoms with van der Waals surface area (Å²) in [4.78, 5) is 10.2. The van der Waals surface area contributed by atoms with Gasteiger partial charge >= 0.3 is 6.18 Å². The minimum Gasteiger partial charge on any atom is -0.365 e. The number of nitrogens with one attached hydrogen (secondary N) is 1. The minimum absolute atomic E-state index is 0.237. The van der Waals surface area contributed by atoms with Crippen LogP contribution >= 0.6 is 0 Å². The predicted octanol–water partition coefficient (Wildman–Crippen LogP) is 2.65. The lowest BCUT2D eigenvalue weighted by molar-refractivity contribution is -0.218. The van der Waals surface area contributed by atoms with Crippen LogP contribution in [-0.2, 0) is 11.2 Å². The molecule has 7 heteroatoms. The molecule has 0 unspecified atom stereocenters. The Morgan fingerprint density at radius 2 is 2.00 bits per heavy atom. The molecule has 19 heavy (non-hydrogen) atoms. The molecule has 2 aromatic heterocycles. The molecular weight excluding hydrogens is 259 g/mol. The van der Waals surface area contributed by atoms with Gasteiger partial charge in [0.2, 0.25) is 6.10 Å². The molecule has 0 bridgehead atoms. The molecule has 0 aliphatic rings. The zero-order valence-corrected chi connectivity index (χ0v) is 10.1. The third-order valence-corrected chi connectivity index (χ3v) is 2.57. The third-order valence-electron chi connectivity index (χ3n) is 2.57. The van der Waals surface area contributed by atoms with Gasteiger partial charge in [0, 0.05) is 37.8 Å². The molecule has 0 saturated carbocycles. The normalized spacial score (nSPS) is 13.5. The van der Waals surface area contributed by atoms with Crippen LogP contribution in [0.2, 0.25) is 0 Å². The Balaban J connectivity index is 2.15. The quantitative estimate of drug-likeness (QED) is 0.930. The van der Waals surface area contributed by atoms with E-state index in [1.807, 2.05) is 0 Å². The number of aromatic amines is 1. The summed E-state index contributed by atoms with van der Waals surface area (Å²) in [6, 6.07) is 3.58. The van der Waals surface area contributed by atoms with Crippen molar-refractivity contribution >= 4 is 0 Å². The van der Waals surface area contributed by atoms with E-state index in [1.165, 1.54) is 6.20 Å². The maximum atomic E-state index is 12.6. The fourth-order valence-corrected chi connectivity index (χ4v) is 1.72. The van der Waals surface area contributed by atoms with Crippen LogP contribution in [0.15, 0.2) is 30.7 Å². The van der Waals surface area contributed by atoms with Gasteiger partial charge in [0.1, 0.15) is 5.82 Å². The van der Waals surface area contributed by atoms with Crippen molar-refractivity contribution in [1.29, 1.82) is 0 Å². The summed E-state index contributed by atoms with van der Waals surface area (Å²) in [6.07, 6.45) is -1.42. The maximum absolute atomic E-state index is 12.6. The van der Waals surface area contributed by atoms with E-state index < -0.39 is 12.3 Å². The van der Waals surface area contributed by atoms with Crippen molar-refractivity contribution in [1.82, 2.24) is 15.0 Å². The number of aromatic nitrogens is 3. The van der Waals surface area contributed by atoms with E-state index >= 15 is 0 Å². The van der Waals surface area contributed by atoms with Crippen LogP contribution < -0.4 is 0 Å². The summed E-state index contributed by atoms with van der Waals surface area (Å²) < 4.78 is 42.4. The highest BCUT2D eigenvalue weighted by atomic mass is 19.4. The number of nitrogens with zero attached hydrogens (tertiary/aromatic N) is 2. The van der Waals surface area contributed by atoms with Crippen molar-refractivity contribution in [2.24, 2.45) is 0 Å². The first-order valence-corrected chi connectivity index (χ1v) is 5.53. The molecule has 0 aliphatic heterocycles. The van der Waals surface area contributed by atoms with Crippen molar-refractivity contribution < 1.29 is 17.9 Å². The molecule has 0 aromatic carbocycles. The number of methoxy groups -OCH3 is 1. The van der Waals surface area contributed by atoms with Gasteiger partial charge in [-0.05, 0) is 17.7 Å².